The Morgan fingerprint density at radius 2 is 1.70 bits per heavy atom. The molecule has 3 rings (SSSR count). The maximum absolute atomic E-state index is 12.9. The molecule has 0 aliphatic heterocycles. The Morgan fingerprint density at radius 3 is 2.48 bits per heavy atom. The number of fused-ring (bicyclic) bond motifs is 1. The molecular weight excluding hydrogens is 334 g/mol. The van der Waals surface area contributed by atoms with Gasteiger partial charge in [-0.2, -0.15) is 0 Å². The molecule has 0 amide bonds. The third kappa shape index (κ3) is 4.85. The molecule has 4 nitrogen and oxygen atoms in total. The number of benzene rings is 2. The van der Waals surface area contributed by atoms with Crippen LogP contribution in [0.1, 0.15) is 50.4 Å². The first kappa shape index (κ1) is 18.9. The fourth-order valence-corrected chi connectivity index (χ4v) is 3.10. The van der Waals surface area contributed by atoms with Crippen LogP contribution in [0.25, 0.3) is 22.4 Å². The van der Waals surface area contributed by atoms with Gasteiger partial charge in [-0.25, -0.2) is 4.98 Å². The lowest BCUT2D eigenvalue weighted by atomic mass is 9.93. The summed E-state index contributed by atoms with van der Waals surface area (Å²) in [5.41, 5.74) is 4.26. The number of rotatable bonds is 7. The summed E-state index contributed by atoms with van der Waals surface area (Å²) in [7, 11) is 0. The largest absolute Gasteiger partial charge is 0.294 e. The number of carbonyl (C=O) groups is 1. The van der Waals surface area contributed by atoms with Gasteiger partial charge in [0, 0.05) is 17.5 Å². The zero-order chi connectivity index (χ0) is 19.2. The normalized spacial score (nSPS) is 12.0. The summed E-state index contributed by atoms with van der Waals surface area (Å²) in [6.45, 7) is 6.33. The van der Waals surface area contributed by atoms with E-state index in [1.165, 1.54) is 5.57 Å². The van der Waals surface area contributed by atoms with Crippen molar-refractivity contribution in [2.24, 2.45) is 5.92 Å². The predicted octanol–water partition coefficient (Wildman–Crippen LogP) is 5.65. The molecule has 0 spiro atoms. The number of nitrogens with zero attached hydrogens (tertiary/aromatic N) is 3. The van der Waals surface area contributed by atoms with E-state index in [0.717, 1.165) is 29.4 Å². The molecule has 1 heterocycles. The molecule has 0 aliphatic carbocycles. The van der Waals surface area contributed by atoms with E-state index in [-0.39, 0.29) is 5.78 Å². The van der Waals surface area contributed by atoms with Gasteiger partial charge < -0.3 is 0 Å². The lowest BCUT2D eigenvalue weighted by Gasteiger charge is -2.12. The molecule has 2 aromatic carbocycles. The number of para-hydroxylation sites is 1. The van der Waals surface area contributed by atoms with Crippen molar-refractivity contribution in [3.8, 4) is 11.4 Å². The topological polar surface area (TPSA) is 55.7 Å². The van der Waals surface area contributed by atoms with E-state index >= 15 is 0 Å². The summed E-state index contributed by atoms with van der Waals surface area (Å²) in [4.78, 5) is 17.5. The summed E-state index contributed by atoms with van der Waals surface area (Å²) in [6, 6.07) is 15.2. The molecule has 0 bridgehead atoms. The minimum atomic E-state index is 0.132. The van der Waals surface area contributed by atoms with Crippen LogP contribution in [0, 0.1) is 5.92 Å². The number of hydrogen-bond acceptors (Lipinski definition) is 4. The molecule has 1 aromatic heterocycles. The zero-order valence-electron chi connectivity index (χ0n) is 16.1. The average Bonchev–Trinajstić information content (AvgIpc) is 2.67. The average molecular weight is 359 g/mol. The van der Waals surface area contributed by atoms with Crippen molar-refractivity contribution < 1.29 is 4.79 Å². The van der Waals surface area contributed by atoms with Crippen LogP contribution in [-0.4, -0.2) is 21.0 Å². The van der Waals surface area contributed by atoms with Gasteiger partial charge in [0.25, 0.3) is 0 Å². The van der Waals surface area contributed by atoms with Gasteiger partial charge in [0.05, 0.1) is 5.52 Å². The van der Waals surface area contributed by atoms with Gasteiger partial charge in [0.2, 0.25) is 0 Å². The molecule has 4 heteroatoms. The molecule has 138 valence electrons. The highest BCUT2D eigenvalue weighted by molar-refractivity contribution is 6.01. The molecule has 1 atom stereocenters. The van der Waals surface area contributed by atoms with Gasteiger partial charge in [-0.05, 0) is 44.7 Å². The highest BCUT2D eigenvalue weighted by Gasteiger charge is 2.17. The van der Waals surface area contributed by atoms with E-state index in [9.17, 15) is 4.79 Å². The molecule has 0 N–H and O–H groups in total. The van der Waals surface area contributed by atoms with E-state index < -0.39 is 0 Å². The SMILES string of the molecule is CC(C)=CCCC(C)CC(=O)c1ccccc1-c1nnc2ccccc2n1. The van der Waals surface area contributed by atoms with Crippen LogP contribution in [0.15, 0.2) is 60.2 Å². The molecule has 1 unspecified atom stereocenters. The first-order valence-electron chi connectivity index (χ1n) is 9.40. The minimum Gasteiger partial charge on any atom is -0.294 e. The van der Waals surface area contributed by atoms with E-state index in [2.05, 4.69) is 42.0 Å². The maximum Gasteiger partial charge on any atom is 0.183 e. The first-order valence-corrected chi connectivity index (χ1v) is 9.40. The second kappa shape index (κ2) is 8.67. The Hall–Kier alpha value is -2.88. The van der Waals surface area contributed by atoms with Crippen LogP contribution in [0.3, 0.4) is 0 Å². The molecule has 0 saturated carbocycles. The number of ketones is 1. The summed E-state index contributed by atoms with van der Waals surface area (Å²) < 4.78 is 0. The van der Waals surface area contributed by atoms with Crippen molar-refractivity contribution in [2.45, 2.75) is 40.0 Å². The van der Waals surface area contributed by atoms with Crippen molar-refractivity contribution in [1.29, 1.82) is 0 Å². The number of allylic oxidation sites excluding steroid dienone is 2. The second-order valence-electron chi connectivity index (χ2n) is 7.26. The standard InChI is InChI=1S/C23H25N3O/c1-16(2)9-8-10-17(3)15-22(27)18-11-4-5-12-19(18)23-24-20-13-6-7-14-21(20)25-26-23/h4-7,9,11-14,17H,8,10,15H2,1-3H3. The third-order valence-electron chi connectivity index (χ3n) is 4.57. The number of aromatic nitrogens is 3. The van der Waals surface area contributed by atoms with Gasteiger partial charge in [-0.3, -0.25) is 4.79 Å². The van der Waals surface area contributed by atoms with Crippen LogP contribution in [-0.2, 0) is 0 Å². The van der Waals surface area contributed by atoms with E-state index in [1.54, 1.807) is 0 Å². The lowest BCUT2D eigenvalue weighted by molar-refractivity contribution is 0.0963. The Kier molecular flexibility index (Phi) is 6.07. The molecule has 0 fully saturated rings. The number of hydrogen-bond donors (Lipinski definition) is 0. The smallest absolute Gasteiger partial charge is 0.183 e. The van der Waals surface area contributed by atoms with Crippen molar-refractivity contribution >= 4 is 16.8 Å². The molecule has 0 aliphatic rings. The fourth-order valence-electron chi connectivity index (χ4n) is 3.10. The van der Waals surface area contributed by atoms with Gasteiger partial charge >= 0.3 is 0 Å². The van der Waals surface area contributed by atoms with Crippen LogP contribution < -0.4 is 0 Å². The Labute approximate surface area is 160 Å². The second-order valence-corrected chi connectivity index (χ2v) is 7.26. The number of Topliss-reactive ketones (excluding diaryl/α,β-unsaturated/α-hetero) is 1. The summed E-state index contributed by atoms with van der Waals surface area (Å²) >= 11 is 0. The summed E-state index contributed by atoms with van der Waals surface area (Å²) in [6.07, 6.45) is 4.77. The van der Waals surface area contributed by atoms with Gasteiger partial charge in [-0.15, -0.1) is 10.2 Å². The lowest BCUT2D eigenvalue weighted by Crippen LogP contribution is -2.08. The predicted molar refractivity (Wildman–Crippen MR) is 110 cm³/mol. The van der Waals surface area contributed by atoms with Gasteiger partial charge in [-0.1, -0.05) is 55.0 Å². The quantitative estimate of drug-likeness (QED) is 0.404. The van der Waals surface area contributed by atoms with Gasteiger partial charge in [0.1, 0.15) is 5.52 Å². The Morgan fingerprint density at radius 1 is 1.00 bits per heavy atom. The monoisotopic (exact) mass is 359 g/mol. The van der Waals surface area contributed by atoms with Crippen LogP contribution in [0.4, 0.5) is 0 Å². The maximum atomic E-state index is 12.9. The van der Waals surface area contributed by atoms with E-state index in [4.69, 9.17) is 0 Å². The van der Waals surface area contributed by atoms with Crippen molar-refractivity contribution in [3.63, 3.8) is 0 Å². The van der Waals surface area contributed by atoms with Crippen LogP contribution in [0.2, 0.25) is 0 Å². The third-order valence-corrected chi connectivity index (χ3v) is 4.57. The van der Waals surface area contributed by atoms with Crippen molar-refractivity contribution in [3.05, 3.63) is 65.7 Å². The van der Waals surface area contributed by atoms with E-state index in [0.29, 0.717) is 23.7 Å². The van der Waals surface area contributed by atoms with E-state index in [1.807, 2.05) is 48.5 Å². The molecule has 0 saturated heterocycles. The van der Waals surface area contributed by atoms with Crippen LogP contribution in [0.5, 0.6) is 0 Å². The molecule has 27 heavy (non-hydrogen) atoms. The highest BCUT2D eigenvalue weighted by Crippen LogP contribution is 2.24. The summed E-state index contributed by atoms with van der Waals surface area (Å²) in [5.74, 6) is 0.957. The first-order chi connectivity index (χ1) is 13.0. The fraction of sp³-hybridized carbons (Fsp3) is 0.304. The Balaban J connectivity index is 1.82. The molecule has 0 radical (unpaired) electrons. The molecule has 3 aromatic rings. The molecular formula is C23H25N3O. The van der Waals surface area contributed by atoms with Crippen molar-refractivity contribution in [2.75, 3.05) is 0 Å². The Bertz CT molecular complexity index is 974. The minimum absolute atomic E-state index is 0.132. The number of carbonyl (C=O) groups excluding carboxylic acids is 1. The van der Waals surface area contributed by atoms with Crippen LogP contribution >= 0.6 is 0 Å². The highest BCUT2D eigenvalue weighted by atomic mass is 16.1. The van der Waals surface area contributed by atoms with Crippen molar-refractivity contribution in [1.82, 2.24) is 15.2 Å². The summed E-state index contributed by atoms with van der Waals surface area (Å²) in [5, 5.41) is 8.49. The van der Waals surface area contributed by atoms with Gasteiger partial charge in [0.15, 0.2) is 11.6 Å². The zero-order valence-corrected chi connectivity index (χ0v) is 16.1.